The second kappa shape index (κ2) is 6.97. The van der Waals surface area contributed by atoms with Crippen LogP contribution in [-0.4, -0.2) is 43.2 Å². The number of methoxy groups -OCH3 is 1. The van der Waals surface area contributed by atoms with Crippen molar-refractivity contribution in [3.63, 3.8) is 0 Å². The van der Waals surface area contributed by atoms with Crippen LogP contribution < -0.4 is 10.1 Å². The molecule has 1 saturated carbocycles. The number of amides is 2. The van der Waals surface area contributed by atoms with E-state index in [9.17, 15) is 9.59 Å². The summed E-state index contributed by atoms with van der Waals surface area (Å²) in [4.78, 5) is 25.4. The zero-order valence-corrected chi connectivity index (χ0v) is 12.3. The third-order valence-corrected chi connectivity index (χ3v) is 3.19. The summed E-state index contributed by atoms with van der Waals surface area (Å²) < 4.78 is 9.97. The number of benzene rings is 1. The summed E-state index contributed by atoms with van der Waals surface area (Å²) in [5.74, 6) is 0.341. The quantitative estimate of drug-likeness (QED) is 0.817. The van der Waals surface area contributed by atoms with Gasteiger partial charge in [-0.15, -0.1) is 0 Å². The Labute approximate surface area is 124 Å². The Morgan fingerprint density at radius 1 is 1.29 bits per heavy atom. The van der Waals surface area contributed by atoms with Gasteiger partial charge in [-0.2, -0.15) is 0 Å². The average Bonchev–Trinajstić information content (AvgIpc) is 3.30. The molecule has 6 nitrogen and oxygen atoms in total. The van der Waals surface area contributed by atoms with Gasteiger partial charge in [0.2, 0.25) is 0 Å². The number of esters is 1. The Bertz CT molecular complexity index is 497. The van der Waals surface area contributed by atoms with Gasteiger partial charge in [0, 0.05) is 11.7 Å². The second-order valence-electron chi connectivity index (χ2n) is 4.82. The number of hydrogen-bond acceptors (Lipinski definition) is 4. The number of nitrogens with one attached hydrogen (secondary N) is 1. The molecule has 114 valence electrons. The fourth-order valence-corrected chi connectivity index (χ4v) is 1.97. The van der Waals surface area contributed by atoms with Crippen molar-refractivity contribution in [2.75, 3.05) is 25.6 Å². The highest BCUT2D eigenvalue weighted by atomic mass is 16.5. The first-order chi connectivity index (χ1) is 10.1. The first kappa shape index (κ1) is 15.2. The summed E-state index contributed by atoms with van der Waals surface area (Å²) in [6.45, 7) is 2.05. The Morgan fingerprint density at radius 3 is 2.48 bits per heavy atom. The molecule has 1 N–H and O–H groups in total. The van der Waals surface area contributed by atoms with Gasteiger partial charge in [0.15, 0.2) is 0 Å². The lowest BCUT2D eigenvalue weighted by molar-refractivity contribution is -0.143. The van der Waals surface area contributed by atoms with Gasteiger partial charge < -0.3 is 19.7 Å². The van der Waals surface area contributed by atoms with E-state index in [1.54, 1.807) is 38.3 Å². The van der Waals surface area contributed by atoms with Crippen molar-refractivity contribution in [1.82, 2.24) is 4.90 Å². The molecule has 0 unspecified atom stereocenters. The van der Waals surface area contributed by atoms with Crippen LogP contribution in [0.5, 0.6) is 5.75 Å². The number of ether oxygens (including phenoxy) is 2. The fraction of sp³-hybridized carbons (Fsp3) is 0.467. The molecule has 2 rings (SSSR count). The molecule has 1 aromatic rings. The summed E-state index contributed by atoms with van der Waals surface area (Å²) in [6, 6.07) is 6.90. The van der Waals surface area contributed by atoms with Gasteiger partial charge in [-0.25, -0.2) is 4.79 Å². The standard InChI is InChI=1S/C15H20N2O4/c1-3-21-14(18)10-17(12-6-7-12)15(19)16-11-4-8-13(20-2)9-5-11/h4-5,8-9,12H,3,6-7,10H2,1-2H3,(H,16,19). The van der Waals surface area contributed by atoms with Gasteiger partial charge in [0.25, 0.3) is 0 Å². The van der Waals surface area contributed by atoms with E-state index in [2.05, 4.69) is 5.32 Å². The zero-order chi connectivity index (χ0) is 15.2. The van der Waals surface area contributed by atoms with Crippen LogP contribution in [0.1, 0.15) is 19.8 Å². The van der Waals surface area contributed by atoms with Gasteiger partial charge in [-0.05, 0) is 44.0 Å². The first-order valence-corrected chi connectivity index (χ1v) is 7.01. The van der Waals surface area contributed by atoms with Crippen LogP contribution in [0, 0.1) is 0 Å². The maximum atomic E-state index is 12.3. The molecule has 2 amide bonds. The first-order valence-electron chi connectivity index (χ1n) is 7.01. The summed E-state index contributed by atoms with van der Waals surface area (Å²) >= 11 is 0. The molecule has 21 heavy (non-hydrogen) atoms. The smallest absolute Gasteiger partial charge is 0.325 e. The Morgan fingerprint density at radius 2 is 1.95 bits per heavy atom. The largest absolute Gasteiger partial charge is 0.497 e. The van der Waals surface area contributed by atoms with E-state index in [1.165, 1.54) is 4.90 Å². The van der Waals surface area contributed by atoms with Gasteiger partial charge >= 0.3 is 12.0 Å². The number of carbonyl (C=O) groups is 2. The number of urea groups is 1. The number of anilines is 1. The third-order valence-electron chi connectivity index (χ3n) is 3.19. The van der Waals surface area contributed by atoms with Crippen molar-refractivity contribution in [3.8, 4) is 5.75 Å². The van der Waals surface area contributed by atoms with Crippen molar-refractivity contribution in [2.45, 2.75) is 25.8 Å². The molecule has 1 fully saturated rings. The summed E-state index contributed by atoms with van der Waals surface area (Å²) in [5, 5.41) is 2.79. The Kier molecular flexibility index (Phi) is 5.03. The Hall–Kier alpha value is -2.24. The minimum atomic E-state index is -0.380. The maximum Gasteiger partial charge on any atom is 0.325 e. The third kappa shape index (κ3) is 4.37. The van der Waals surface area contributed by atoms with E-state index in [-0.39, 0.29) is 24.6 Å². The predicted octanol–water partition coefficient (Wildman–Crippen LogP) is 2.25. The van der Waals surface area contributed by atoms with Crippen LogP contribution in [0.15, 0.2) is 24.3 Å². The lowest BCUT2D eigenvalue weighted by Crippen LogP contribution is -2.40. The predicted molar refractivity (Wildman–Crippen MR) is 78.4 cm³/mol. The molecule has 0 aromatic heterocycles. The lowest BCUT2D eigenvalue weighted by atomic mass is 10.3. The molecule has 6 heteroatoms. The van der Waals surface area contributed by atoms with Crippen LogP contribution in [0.4, 0.5) is 10.5 Å². The van der Waals surface area contributed by atoms with Gasteiger partial charge in [0.1, 0.15) is 12.3 Å². The molecule has 0 saturated heterocycles. The molecule has 1 aliphatic carbocycles. The number of rotatable bonds is 6. The summed E-state index contributed by atoms with van der Waals surface area (Å²) in [6.07, 6.45) is 1.85. The van der Waals surface area contributed by atoms with E-state index in [0.29, 0.717) is 12.3 Å². The van der Waals surface area contributed by atoms with Crippen molar-refractivity contribution in [3.05, 3.63) is 24.3 Å². The van der Waals surface area contributed by atoms with Crippen LogP contribution in [0.2, 0.25) is 0 Å². The molecule has 0 spiro atoms. The van der Waals surface area contributed by atoms with Gasteiger partial charge in [0.05, 0.1) is 13.7 Å². The lowest BCUT2D eigenvalue weighted by Gasteiger charge is -2.21. The molecular formula is C15H20N2O4. The minimum Gasteiger partial charge on any atom is -0.497 e. The molecule has 0 aliphatic heterocycles. The van der Waals surface area contributed by atoms with E-state index < -0.39 is 0 Å². The van der Waals surface area contributed by atoms with Crippen LogP contribution >= 0.6 is 0 Å². The van der Waals surface area contributed by atoms with Crippen LogP contribution in [0.3, 0.4) is 0 Å². The van der Waals surface area contributed by atoms with E-state index in [0.717, 1.165) is 18.6 Å². The zero-order valence-electron chi connectivity index (χ0n) is 12.3. The van der Waals surface area contributed by atoms with Gasteiger partial charge in [-0.1, -0.05) is 0 Å². The normalized spacial score (nSPS) is 13.4. The van der Waals surface area contributed by atoms with E-state index >= 15 is 0 Å². The summed E-state index contributed by atoms with van der Waals surface area (Å²) in [5.41, 5.74) is 0.662. The molecule has 0 bridgehead atoms. The molecule has 0 atom stereocenters. The molecule has 0 heterocycles. The second-order valence-corrected chi connectivity index (χ2v) is 4.82. The highest BCUT2D eigenvalue weighted by Gasteiger charge is 2.34. The molecule has 1 aliphatic rings. The maximum absolute atomic E-state index is 12.3. The monoisotopic (exact) mass is 292 g/mol. The van der Waals surface area contributed by atoms with Crippen molar-refractivity contribution >= 4 is 17.7 Å². The van der Waals surface area contributed by atoms with Crippen molar-refractivity contribution in [2.24, 2.45) is 0 Å². The Balaban J connectivity index is 1.96. The number of nitrogens with zero attached hydrogens (tertiary/aromatic N) is 1. The SMILES string of the molecule is CCOC(=O)CN(C(=O)Nc1ccc(OC)cc1)C1CC1. The van der Waals surface area contributed by atoms with E-state index in [1.807, 2.05) is 0 Å². The molecule has 0 radical (unpaired) electrons. The summed E-state index contributed by atoms with van der Waals surface area (Å²) in [7, 11) is 1.59. The molecular weight excluding hydrogens is 272 g/mol. The highest BCUT2D eigenvalue weighted by Crippen LogP contribution is 2.27. The average molecular weight is 292 g/mol. The van der Waals surface area contributed by atoms with Crippen molar-refractivity contribution in [1.29, 1.82) is 0 Å². The van der Waals surface area contributed by atoms with Crippen LogP contribution in [0.25, 0.3) is 0 Å². The van der Waals surface area contributed by atoms with Crippen molar-refractivity contribution < 1.29 is 19.1 Å². The molecule has 1 aromatic carbocycles. The topological polar surface area (TPSA) is 67.9 Å². The number of carbonyl (C=O) groups excluding carboxylic acids is 2. The van der Waals surface area contributed by atoms with Gasteiger partial charge in [-0.3, -0.25) is 4.79 Å². The number of hydrogen-bond donors (Lipinski definition) is 1. The fourth-order valence-electron chi connectivity index (χ4n) is 1.97. The highest BCUT2D eigenvalue weighted by molar-refractivity contribution is 5.92. The van der Waals surface area contributed by atoms with Crippen LogP contribution in [-0.2, 0) is 9.53 Å². The minimum absolute atomic E-state index is 0.0134. The van der Waals surface area contributed by atoms with E-state index in [4.69, 9.17) is 9.47 Å².